The fourth-order valence-corrected chi connectivity index (χ4v) is 8.24. The monoisotopic (exact) mass is 713 g/mol. The molecule has 7 rings (SSSR count). The minimum Gasteiger partial charge on any atom is -0.508 e. The summed E-state index contributed by atoms with van der Waals surface area (Å²) in [6.45, 7) is 0.0833. The molecule has 0 aromatic heterocycles. The van der Waals surface area contributed by atoms with Gasteiger partial charge < -0.3 is 44.0 Å². The van der Waals surface area contributed by atoms with Crippen LogP contribution < -0.4 is 24.3 Å². The number of phenolic OH excluding ortho intramolecular Hbond substituents is 2. The van der Waals surface area contributed by atoms with Gasteiger partial charge in [0.05, 0.1) is 26.7 Å². The molecule has 3 N–H and O–H groups in total. The number of nitrogens with one attached hydrogen (secondary N) is 1. The number of cyclic esters (lactones) is 1. The third kappa shape index (κ3) is 6.81. The lowest BCUT2D eigenvalue weighted by molar-refractivity contribution is -0.141. The Kier molecular flexibility index (Phi) is 9.54. The number of fused-ring (bicyclic) bond motifs is 3. The standard InChI is InChI=1S/C38H35NO11S/c1-45-30-13-22(14-31(46-2)34(30)41)32-24-15-28-29(50-19-49-28)16-25(24)35(26-18-47-36(42)33(26)32)51-37(43)27(12-20-8-10-23(40)11-9-20)39-38(44)48-17-21-6-4-3-5-7-21/h3-11,13-16,26-27,32-33,35,40-41H,12,17-19H2,1-2H3,(H,39,44)/t26-,27-,32+,33-,35+/m0/s1. The van der Waals surface area contributed by atoms with Crippen LogP contribution in [0.2, 0.25) is 0 Å². The fraction of sp³-hybridized carbons (Fsp3) is 0.289. The minimum absolute atomic E-state index is 0.0130. The molecular weight excluding hydrogens is 678 g/mol. The first kappa shape index (κ1) is 33.9. The molecule has 0 bridgehead atoms. The van der Waals surface area contributed by atoms with E-state index in [1.165, 1.54) is 26.4 Å². The van der Waals surface area contributed by atoms with Crippen LogP contribution in [0.1, 0.15) is 39.0 Å². The quantitative estimate of drug-likeness (QED) is 0.175. The van der Waals surface area contributed by atoms with Crippen LogP contribution in [0.3, 0.4) is 0 Å². The van der Waals surface area contributed by atoms with Gasteiger partial charge in [-0.2, -0.15) is 0 Å². The zero-order valence-corrected chi connectivity index (χ0v) is 28.5. The van der Waals surface area contributed by atoms with Crippen molar-refractivity contribution < 1.29 is 53.0 Å². The van der Waals surface area contributed by atoms with E-state index in [9.17, 15) is 24.6 Å². The van der Waals surface area contributed by atoms with E-state index in [1.54, 1.807) is 24.3 Å². The van der Waals surface area contributed by atoms with Gasteiger partial charge in [-0.15, -0.1) is 0 Å². The molecular formula is C38H35NO11S. The number of benzene rings is 4. The number of methoxy groups -OCH3 is 2. The normalized spacial score (nSPS) is 20.4. The van der Waals surface area contributed by atoms with Crippen molar-refractivity contribution in [2.24, 2.45) is 11.8 Å². The summed E-state index contributed by atoms with van der Waals surface area (Å²) in [5.41, 5.74) is 3.58. The van der Waals surface area contributed by atoms with Gasteiger partial charge in [-0.3, -0.25) is 9.59 Å². The van der Waals surface area contributed by atoms with Gasteiger partial charge in [0.25, 0.3) is 0 Å². The molecule has 1 amide bonds. The Morgan fingerprint density at radius 1 is 0.882 bits per heavy atom. The summed E-state index contributed by atoms with van der Waals surface area (Å²) < 4.78 is 33.6. The molecule has 3 aliphatic rings. The third-order valence-electron chi connectivity index (χ3n) is 9.39. The Balaban J connectivity index is 1.24. The predicted molar refractivity (Wildman–Crippen MR) is 184 cm³/mol. The highest BCUT2D eigenvalue weighted by Gasteiger charge is 2.53. The smallest absolute Gasteiger partial charge is 0.408 e. The van der Waals surface area contributed by atoms with Crippen molar-refractivity contribution >= 4 is 28.9 Å². The first-order chi connectivity index (χ1) is 24.7. The number of carbonyl (C=O) groups is 3. The molecule has 0 saturated carbocycles. The van der Waals surface area contributed by atoms with Gasteiger partial charge in [0, 0.05) is 23.5 Å². The summed E-state index contributed by atoms with van der Waals surface area (Å²) >= 11 is 1.01. The number of thioether (sulfide) groups is 1. The number of amides is 1. The number of alkyl carbamates (subject to hydrolysis) is 1. The van der Waals surface area contributed by atoms with Gasteiger partial charge in [0.1, 0.15) is 18.4 Å². The number of ether oxygens (including phenoxy) is 6. The molecule has 4 aromatic rings. The zero-order chi connectivity index (χ0) is 35.6. The fourth-order valence-electron chi connectivity index (χ4n) is 6.93. The van der Waals surface area contributed by atoms with Crippen molar-refractivity contribution in [3.63, 3.8) is 0 Å². The first-order valence-electron chi connectivity index (χ1n) is 16.2. The molecule has 4 aromatic carbocycles. The summed E-state index contributed by atoms with van der Waals surface area (Å²) in [4.78, 5) is 41.0. The molecule has 2 heterocycles. The second-order valence-corrected chi connectivity index (χ2v) is 13.5. The summed E-state index contributed by atoms with van der Waals surface area (Å²) in [5, 5.41) is 22.3. The van der Waals surface area contributed by atoms with Crippen LogP contribution in [-0.4, -0.2) is 61.1 Å². The Hall–Kier alpha value is -5.56. The number of esters is 1. The molecule has 5 atom stereocenters. The van der Waals surface area contributed by atoms with Crippen molar-refractivity contribution in [2.75, 3.05) is 27.6 Å². The molecule has 51 heavy (non-hydrogen) atoms. The van der Waals surface area contributed by atoms with Crippen molar-refractivity contribution in [2.45, 2.75) is 30.2 Å². The van der Waals surface area contributed by atoms with Crippen LogP contribution >= 0.6 is 11.8 Å². The lowest BCUT2D eigenvalue weighted by Gasteiger charge is -2.39. The van der Waals surface area contributed by atoms with Crippen LogP contribution in [0.5, 0.6) is 34.5 Å². The molecule has 12 nitrogen and oxygen atoms in total. The molecule has 0 radical (unpaired) electrons. The van der Waals surface area contributed by atoms with Gasteiger partial charge in [0.2, 0.25) is 17.7 Å². The molecule has 2 aliphatic heterocycles. The van der Waals surface area contributed by atoms with Crippen LogP contribution in [0, 0.1) is 11.8 Å². The van der Waals surface area contributed by atoms with Gasteiger partial charge in [0.15, 0.2) is 23.0 Å². The lowest BCUT2D eigenvalue weighted by Crippen LogP contribution is -2.42. The largest absolute Gasteiger partial charge is 0.508 e. The van der Waals surface area contributed by atoms with Gasteiger partial charge in [-0.05, 0) is 64.2 Å². The number of hydrogen-bond donors (Lipinski definition) is 3. The average molecular weight is 714 g/mol. The van der Waals surface area contributed by atoms with Crippen LogP contribution in [0.15, 0.2) is 78.9 Å². The van der Waals surface area contributed by atoms with Crippen LogP contribution in [-0.2, 0) is 32.1 Å². The van der Waals surface area contributed by atoms with Gasteiger partial charge in [-0.1, -0.05) is 54.2 Å². The van der Waals surface area contributed by atoms with E-state index >= 15 is 0 Å². The Labute approximate surface area is 297 Å². The first-order valence-corrected chi connectivity index (χ1v) is 17.1. The zero-order valence-electron chi connectivity index (χ0n) is 27.7. The Bertz CT molecular complexity index is 1930. The SMILES string of the molecule is COc1cc([C@@H]2c3cc4c(cc3[C@@H](SC(=O)[C@H](Cc3ccc(O)cc3)NC(=O)OCc3ccccc3)[C@H]3COC(=O)[C@H]23)OCO4)cc(OC)c1O. The molecule has 1 fully saturated rings. The van der Waals surface area contributed by atoms with Gasteiger partial charge in [-0.25, -0.2) is 4.79 Å². The van der Waals surface area contributed by atoms with E-state index < -0.39 is 41.1 Å². The van der Waals surface area contributed by atoms with Crippen molar-refractivity contribution in [1.29, 1.82) is 0 Å². The highest BCUT2D eigenvalue weighted by Crippen LogP contribution is 2.59. The summed E-state index contributed by atoms with van der Waals surface area (Å²) in [6.07, 6.45) is -0.650. The van der Waals surface area contributed by atoms with E-state index in [1.807, 2.05) is 42.5 Å². The van der Waals surface area contributed by atoms with E-state index in [0.717, 1.165) is 22.9 Å². The second-order valence-electron chi connectivity index (χ2n) is 12.4. The van der Waals surface area contributed by atoms with Gasteiger partial charge >= 0.3 is 12.1 Å². The summed E-state index contributed by atoms with van der Waals surface area (Å²) in [6, 6.07) is 21.5. The highest BCUT2D eigenvalue weighted by atomic mass is 32.2. The maximum Gasteiger partial charge on any atom is 0.408 e. The highest BCUT2D eigenvalue weighted by molar-refractivity contribution is 8.14. The third-order valence-corrected chi connectivity index (χ3v) is 10.8. The molecule has 1 saturated heterocycles. The second kappa shape index (κ2) is 14.4. The number of aromatic hydroxyl groups is 2. The van der Waals surface area contributed by atoms with E-state index in [-0.39, 0.29) is 54.5 Å². The molecule has 1 aliphatic carbocycles. The molecule has 264 valence electrons. The van der Waals surface area contributed by atoms with Crippen LogP contribution in [0.25, 0.3) is 0 Å². The summed E-state index contributed by atoms with van der Waals surface area (Å²) in [5.74, 6) is -0.973. The number of carbonyl (C=O) groups excluding carboxylic acids is 3. The number of phenols is 2. The molecule has 0 unspecified atom stereocenters. The van der Waals surface area contributed by atoms with E-state index in [2.05, 4.69) is 5.32 Å². The average Bonchev–Trinajstić information content (AvgIpc) is 3.77. The number of rotatable bonds is 10. The Morgan fingerprint density at radius 2 is 1.55 bits per heavy atom. The molecule has 0 spiro atoms. The Morgan fingerprint density at radius 3 is 2.22 bits per heavy atom. The van der Waals surface area contributed by atoms with Crippen LogP contribution in [0.4, 0.5) is 4.79 Å². The molecule has 13 heteroatoms. The topological polar surface area (TPSA) is 159 Å². The van der Waals surface area contributed by atoms with Crippen molar-refractivity contribution in [3.8, 4) is 34.5 Å². The van der Waals surface area contributed by atoms with E-state index in [0.29, 0.717) is 28.2 Å². The van der Waals surface area contributed by atoms with Crippen molar-refractivity contribution in [1.82, 2.24) is 5.32 Å². The van der Waals surface area contributed by atoms with E-state index in [4.69, 9.17) is 28.4 Å². The maximum atomic E-state index is 14.4. The number of hydrogen-bond acceptors (Lipinski definition) is 12. The maximum absolute atomic E-state index is 14.4. The predicted octanol–water partition coefficient (Wildman–Crippen LogP) is 5.62. The minimum atomic E-state index is -1.03. The van der Waals surface area contributed by atoms with Crippen molar-refractivity contribution in [3.05, 3.63) is 107 Å². The lowest BCUT2D eigenvalue weighted by atomic mass is 9.67. The summed E-state index contributed by atoms with van der Waals surface area (Å²) in [7, 11) is 2.85.